The van der Waals surface area contributed by atoms with E-state index in [4.69, 9.17) is 5.73 Å². The Kier molecular flexibility index (Phi) is 3.86. The molecule has 0 aromatic carbocycles. The summed E-state index contributed by atoms with van der Waals surface area (Å²) in [6.07, 6.45) is 5.20. The largest absolute Gasteiger partial charge is 0.323 e. The number of hydrogen-bond acceptors (Lipinski definition) is 5. The Bertz CT molecular complexity index is 476. The second-order valence-corrected chi connectivity index (χ2v) is 5.26. The van der Waals surface area contributed by atoms with Crippen molar-refractivity contribution in [2.45, 2.75) is 39.3 Å². The first kappa shape index (κ1) is 12.2. The van der Waals surface area contributed by atoms with Crippen LogP contribution in [-0.2, 0) is 13.0 Å². The molecule has 0 aliphatic carbocycles. The molecule has 0 saturated heterocycles. The van der Waals surface area contributed by atoms with E-state index in [1.165, 1.54) is 0 Å². The molecule has 0 radical (unpaired) electrons. The Morgan fingerprint density at radius 1 is 1.47 bits per heavy atom. The predicted octanol–water partition coefficient (Wildman–Crippen LogP) is 1.70. The minimum Gasteiger partial charge on any atom is -0.323 e. The zero-order valence-corrected chi connectivity index (χ0v) is 10.9. The molecule has 5 nitrogen and oxygen atoms in total. The van der Waals surface area contributed by atoms with Gasteiger partial charge < -0.3 is 5.73 Å². The SMILES string of the molecule is CCCn1ncnc1CC(N)c1cnc(C)s1. The normalized spacial score (nSPS) is 12.9. The Balaban J connectivity index is 2.07. The summed E-state index contributed by atoms with van der Waals surface area (Å²) in [5.41, 5.74) is 6.15. The van der Waals surface area contributed by atoms with Crippen LogP contribution in [0.15, 0.2) is 12.5 Å². The molecule has 2 aromatic rings. The standard InChI is InChI=1S/C11H17N5S/c1-3-4-16-11(14-7-15-16)5-9(12)10-6-13-8(2)17-10/h6-7,9H,3-5,12H2,1-2H3. The molecule has 1 atom stereocenters. The van der Waals surface area contributed by atoms with E-state index in [9.17, 15) is 0 Å². The fourth-order valence-electron chi connectivity index (χ4n) is 1.69. The van der Waals surface area contributed by atoms with Crippen LogP contribution < -0.4 is 5.73 Å². The summed E-state index contributed by atoms with van der Waals surface area (Å²) in [5.74, 6) is 0.949. The first-order chi connectivity index (χ1) is 8.20. The maximum Gasteiger partial charge on any atom is 0.138 e. The first-order valence-electron chi connectivity index (χ1n) is 5.75. The first-order valence-corrected chi connectivity index (χ1v) is 6.57. The molecule has 0 aliphatic heterocycles. The molecule has 0 fully saturated rings. The van der Waals surface area contributed by atoms with Crippen molar-refractivity contribution in [3.8, 4) is 0 Å². The van der Waals surface area contributed by atoms with Crippen LogP contribution in [0.4, 0.5) is 0 Å². The number of nitrogens with zero attached hydrogens (tertiary/aromatic N) is 4. The third-order valence-corrected chi connectivity index (χ3v) is 3.58. The molecule has 1 unspecified atom stereocenters. The van der Waals surface area contributed by atoms with Gasteiger partial charge in [0, 0.05) is 30.1 Å². The van der Waals surface area contributed by atoms with Gasteiger partial charge in [-0.1, -0.05) is 6.92 Å². The summed E-state index contributed by atoms with van der Waals surface area (Å²) in [6.45, 7) is 5.00. The van der Waals surface area contributed by atoms with Crippen molar-refractivity contribution in [2.24, 2.45) is 5.73 Å². The van der Waals surface area contributed by atoms with E-state index in [0.717, 1.165) is 28.7 Å². The summed E-state index contributed by atoms with van der Waals surface area (Å²) in [5, 5.41) is 5.24. The van der Waals surface area contributed by atoms with E-state index in [1.807, 2.05) is 17.8 Å². The average Bonchev–Trinajstić information content (AvgIpc) is 2.89. The van der Waals surface area contributed by atoms with Crippen LogP contribution in [0.1, 0.15) is 35.1 Å². The summed E-state index contributed by atoms with van der Waals surface area (Å²) in [7, 11) is 0. The van der Waals surface area contributed by atoms with Crippen LogP contribution in [0.3, 0.4) is 0 Å². The number of nitrogens with two attached hydrogens (primary N) is 1. The van der Waals surface area contributed by atoms with Gasteiger partial charge in [0.15, 0.2) is 0 Å². The molecule has 0 spiro atoms. The Hall–Kier alpha value is -1.27. The average molecular weight is 251 g/mol. The molecule has 2 rings (SSSR count). The molecule has 0 aliphatic rings. The molecular weight excluding hydrogens is 234 g/mol. The number of hydrogen-bond donors (Lipinski definition) is 1. The van der Waals surface area contributed by atoms with Crippen LogP contribution in [0.5, 0.6) is 0 Å². The Morgan fingerprint density at radius 3 is 2.94 bits per heavy atom. The zero-order valence-electron chi connectivity index (χ0n) is 10.1. The number of aryl methyl sites for hydroxylation is 2. The molecular formula is C11H17N5S. The third-order valence-electron chi connectivity index (χ3n) is 2.54. The number of thiazole rings is 1. The van der Waals surface area contributed by atoms with Crippen molar-refractivity contribution in [1.29, 1.82) is 0 Å². The molecule has 92 valence electrons. The lowest BCUT2D eigenvalue weighted by Gasteiger charge is -2.09. The number of rotatable bonds is 5. The Labute approximate surface area is 105 Å². The lowest BCUT2D eigenvalue weighted by molar-refractivity contribution is 0.550. The molecule has 0 bridgehead atoms. The second kappa shape index (κ2) is 5.37. The molecule has 0 saturated carbocycles. The van der Waals surface area contributed by atoms with Gasteiger partial charge in [0.2, 0.25) is 0 Å². The summed E-state index contributed by atoms with van der Waals surface area (Å²) in [4.78, 5) is 9.59. The molecule has 17 heavy (non-hydrogen) atoms. The summed E-state index contributed by atoms with van der Waals surface area (Å²) >= 11 is 1.64. The number of aromatic nitrogens is 4. The van der Waals surface area contributed by atoms with E-state index in [-0.39, 0.29) is 6.04 Å². The van der Waals surface area contributed by atoms with Gasteiger partial charge in [-0.2, -0.15) is 5.10 Å². The molecule has 6 heteroatoms. The van der Waals surface area contributed by atoms with Crippen LogP contribution in [-0.4, -0.2) is 19.7 Å². The van der Waals surface area contributed by atoms with E-state index >= 15 is 0 Å². The second-order valence-electron chi connectivity index (χ2n) is 3.99. The highest BCUT2D eigenvalue weighted by molar-refractivity contribution is 7.11. The van der Waals surface area contributed by atoms with Crippen molar-refractivity contribution in [3.05, 3.63) is 28.2 Å². The molecule has 2 N–H and O–H groups in total. The highest BCUT2D eigenvalue weighted by Gasteiger charge is 2.13. The molecule has 2 heterocycles. The minimum atomic E-state index is -0.0407. The highest BCUT2D eigenvalue weighted by Crippen LogP contribution is 2.21. The minimum absolute atomic E-state index is 0.0407. The quantitative estimate of drug-likeness (QED) is 0.878. The van der Waals surface area contributed by atoms with Crippen molar-refractivity contribution in [1.82, 2.24) is 19.7 Å². The third kappa shape index (κ3) is 2.89. The van der Waals surface area contributed by atoms with Crippen molar-refractivity contribution >= 4 is 11.3 Å². The zero-order chi connectivity index (χ0) is 12.3. The van der Waals surface area contributed by atoms with Gasteiger partial charge in [0.1, 0.15) is 12.2 Å². The van der Waals surface area contributed by atoms with E-state index in [0.29, 0.717) is 6.42 Å². The fourth-order valence-corrected chi connectivity index (χ4v) is 2.48. The Morgan fingerprint density at radius 2 is 2.29 bits per heavy atom. The summed E-state index contributed by atoms with van der Waals surface area (Å²) in [6, 6.07) is -0.0407. The summed E-state index contributed by atoms with van der Waals surface area (Å²) < 4.78 is 1.92. The van der Waals surface area contributed by atoms with Crippen LogP contribution in [0, 0.1) is 6.92 Å². The predicted molar refractivity (Wildman–Crippen MR) is 67.8 cm³/mol. The lowest BCUT2D eigenvalue weighted by Crippen LogP contribution is -2.16. The highest BCUT2D eigenvalue weighted by atomic mass is 32.1. The molecule has 0 amide bonds. The van der Waals surface area contributed by atoms with Gasteiger partial charge >= 0.3 is 0 Å². The van der Waals surface area contributed by atoms with Gasteiger partial charge in [0.25, 0.3) is 0 Å². The van der Waals surface area contributed by atoms with Crippen molar-refractivity contribution in [2.75, 3.05) is 0 Å². The van der Waals surface area contributed by atoms with Gasteiger partial charge in [-0.25, -0.2) is 9.97 Å². The van der Waals surface area contributed by atoms with E-state index in [1.54, 1.807) is 17.7 Å². The topological polar surface area (TPSA) is 69.6 Å². The van der Waals surface area contributed by atoms with Gasteiger partial charge in [-0.3, -0.25) is 4.68 Å². The molecule has 2 aromatic heterocycles. The van der Waals surface area contributed by atoms with Gasteiger partial charge in [-0.05, 0) is 13.3 Å². The fraction of sp³-hybridized carbons (Fsp3) is 0.545. The van der Waals surface area contributed by atoms with Gasteiger partial charge in [-0.15, -0.1) is 11.3 Å². The lowest BCUT2D eigenvalue weighted by atomic mass is 10.2. The van der Waals surface area contributed by atoms with Crippen LogP contribution in [0.25, 0.3) is 0 Å². The van der Waals surface area contributed by atoms with Crippen molar-refractivity contribution < 1.29 is 0 Å². The van der Waals surface area contributed by atoms with Crippen molar-refractivity contribution in [3.63, 3.8) is 0 Å². The van der Waals surface area contributed by atoms with E-state index in [2.05, 4.69) is 22.0 Å². The van der Waals surface area contributed by atoms with Gasteiger partial charge in [0.05, 0.1) is 5.01 Å². The monoisotopic (exact) mass is 251 g/mol. The van der Waals surface area contributed by atoms with Crippen LogP contribution >= 0.6 is 11.3 Å². The maximum absolute atomic E-state index is 6.15. The van der Waals surface area contributed by atoms with E-state index < -0.39 is 0 Å². The van der Waals surface area contributed by atoms with Crippen LogP contribution in [0.2, 0.25) is 0 Å². The smallest absolute Gasteiger partial charge is 0.138 e. The maximum atomic E-state index is 6.15.